The molecular weight excluding hydrogens is 214 g/mol. The molecule has 0 saturated heterocycles. The van der Waals surface area contributed by atoms with Gasteiger partial charge in [0.05, 0.1) is 13.1 Å². The Morgan fingerprint density at radius 2 is 2.19 bits per heavy atom. The molecule has 0 aromatic heterocycles. The van der Waals surface area contributed by atoms with E-state index < -0.39 is 19.0 Å². The van der Waals surface area contributed by atoms with Gasteiger partial charge >= 0.3 is 0 Å². The molecule has 3 nitrogen and oxygen atoms in total. The van der Waals surface area contributed by atoms with Gasteiger partial charge in [-0.2, -0.15) is 0 Å². The summed E-state index contributed by atoms with van der Waals surface area (Å²) in [6, 6.07) is 0. The molecule has 0 heterocycles. The van der Waals surface area contributed by atoms with Crippen LogP contribution in [0.4, 0.5) is 8.78 Å². The van der Waals surface area contributed by atoms with E-state index in [1.807, 2.05) is 13.8 Å². The molecular formula is C11H20F2N2O. The third kappa shape index (κ3) is 3.14. The maximum absolute atomic E-state index is 12.9. The minimum Gasteiger partial charge on any atom is -0.350 e. The van der Waals surface area contributed by atoms with E-state index in [9.17, 15) is 13.6 Å². The van der Waals surface area contributed by atoms with Gasteiger partial charge in [-0.25, -0.2) is 8.78 Å². The van der Waals surface area contributed by atoms with Crippen LogP contribution < -0.4 is 11.1 Å². The fourth-order valence-corrected chi connectivity index (χ4v) is 2.22. The van der Waals surface area contributed by atoms with E-state index in [0.29, 0.717) is 0 Å². The molecule has 3 N–H and O–H groups in total. The second-order valence-electron chi connectivity index (χ2n) is 5.21. The van der Waals surface area contributed by atoms with E-state index in [1.165, 1.54) is 0 Å². The normalized spacial score (nSPS) is 24.4. The van der Waals surface area contributed by atoms with Gasteiger partial charge in [-0.05, 0) is 18.3 Å². The van der Waals surface area contributed by atoms with Crippen LogP contribution in [0.5, 0.6) is 0 Å². The lowest BCUT2D eigenvalue weighted by Gasteiger charge is -2.26. The van der Waals surface area contributed by atoms with Gasteiger partial charge < -0.3 is 11.1 Å². The number of nitrogens with one attached hydrogen (secondary N) is 1. The van der Waals surface area contributed by atoms with E-state index in [4.69, 9.17) is 5.73 Å². The Kier molecular flexibility index (Phi) is 3.88. The molecule has 1 rings (SSSR count). The summed E-state index contributed by atoms with van der Waals surface area (Å²) >= 11 is 0. The molecule has 1 aliphatic carbocycles. The number of halogens is 2. The predicted molar refractivity (Wildman–Crippen MR) is 58.1 cm³/mol. The zero-order chi connectivity index (χ0) is 12.4. The van der Waals surface area contributed by atoms with Gasteiger partial charge in [-0.15, -0.1) is 0 Å². The lowest BCUT2D eigenvalue weighted by Crippen LogP contribution is -2.45. The number of nitrogens with two attached hydrogens (primary N) is 1. The van der Waals surface area contributed by atoms with Gasteiger partial charge in [-0.1, -0.05) is 20.3 Å². The topological polar surface area (TPSA) is 55.1 Å². The molecule has 0 radical (unpaired) electrons. The zero-order valence-corrected chi connectivity index (χ0v) is 9.85. The maximum atomic E-state index is 12.9. The standard InChI is InChI=1S/C11H20F2N2O/c1-10(2)5-3-4-8(10)9(16)15-7-11(12,13)6-14/h8H,3-7,14H2,1-2H3,(H,15,16). The van der Waals surface area contributed by atoms with Crippen LogP contribution in [0.1, 0.15) is 33.1 Å². The fourth-order valence-electron chi connectivity index (χ4n) is 2.22. The molecule has 0 aromatic rings. The quantitative estimate of drug-likeness (QED) is 0.775. The Labute approximate surface area is 94.8 Å². The van der Waals surface area contributed by atoms with Gasteiger partial charge in [-0.3, -0.25) is 4.79 Å². The van der Waals surface area contributed by atoms with Crippen molar-refractivity contribution >= 4 is 5.91 Å². The van der Waals surface area contributed by atoms with Crippen LogP contribution in [0.3, 0.4) is 0 Å². The predicted octanol–water partition coefficient (Wildman–Crippen LogP) is 1.52. The summed E-state index contributed by atoms with van der Waals surface area (Å²) in [6.45, 7) is 2.62. The zero-order valence-electron chi connectivity index (χ0n) is 9.85. The number of amides is 1. The average Bonchev–Trinajstić information content (AvgIpc) is 2.55. The van der Waals surface area contributed by atoms with E-state index in [-0.39, 0.29) is 17.2 Å². The Morgan fingerprint density at radius 3 is 2.62 bits per heavy atom. The number of carbonyl (C=O) groups excluding carboxylic acids is 1. The van der Waals surface area contributed by atoms with Crippen LogP contribution in [0.2, 0.25) is 0 Å². The number of hydrogen-bond acceptors (Lipinski definition) is 2. The van der Waals surface area contributed by atoms with Gasteiger partial charge in [0, 0.05) is 5.92 Å². The largest absolute Gasteiger partial charge is 0.350 e. The number of carbonyl (C=O) groups is 1. The van der Waals surface area contributed by atoms with Crippen molar-refractivity contribution in [1.29, 1.82) is 0 Å². The number of rotatable bonds is 4. The highest BCUT2D eigenvalue weighted by atomic mass is 19.3. The Hall–Kier alpha value is -0.710. The highest BCUT2D eigenvalue weighted by molar-refractivity contribution is 5.79. The lowest BCUT2D eigenvalue weighted by molar-refractivity contribution is -0.129. The highest BCUT2D eigenvalue weighted by Gasteiger charge is 2.40. The molecule has 0 bridgehead atoms. The summed E-state index contributed by atoms with van der Waals surface area (Å²) in [5.74, 6) is -3.42. The fraction of sp³-hybridized carbons (Fsp3) is 0.909. The number of alkyl halides is 2. The van der Waals surface area contributed by atoms with Gasteiger partial charge in [0.25, 0.3) is 5.92 Å². The van der Waals surface area contributed by atoms with Crippen LogP contribution in [0.15, 0.2) is 0 Å². The summed E-state index contributed by atoms with van der Waals surface area (Å²) < 4.78 is 25.7. The van der Waals surface area contributed by atoms with Gasteiger partial charge in [0.2, 0.25) is 5.91 Å². The summed E-state index contributed by atoms with van der Waals surface area (Å²) in [5, 5.41) is 2.30. The Bertz CT molecular complexity index is 267. The summed E-state index contributed by atoms with van der Waals surface area (Å²) in [5.41, 5.74) is 4.82. The highest BCUT2D eigenvalue weighted by Crippen LogP contribution is 2.42. The first-order valence-corrected chi connectivity index (χ1v) is 5.64. The molecule has 1 unspecified atom stereocenters. The minimum absolute atomic E-state index is 0.0813. The Morgan fingerprint density at radius 1 is 1.56 bits per heavy atom. The van der Waals surface area contributed by atoms with Crippen molar-refractivity contribution in [2.75, 3.05) is 13.1 Å². The molecule has 1 amide bonds. The molecule has 94 valence electrons. The van der Waals surface area contributed by atoms with Crippen LogP contribution >= 0.6 is 0 Å². The molecule has 5 heteroatoms. The van der Waals surface area contributed by atoms with Crippen LogP contribution in [-0.2, 0) is 4.79 Å². The smallest absolute Gasteiger partial charge is 0.277 e. The number of hydrogen-bond donors (Lipinski definition) is 2. The van der Waals surface area contributed by atoms with E-state index in [0.717, 1.165) is 19.3 Å². The first kappa shape index (κ1) is 13.4. The molecule has 1 fully saturated rings. The summed E-state index contributed by atoms with van der Waals surface area (Å²) in [7, 11) is 0. The van der Waals surface area contributed by atoms with E-state index in [2.05, 4.69) is 5.32 Å². The molecule has 0 aromatic carbocycles. The van der Waals surface area contributed by atoms with Crippen molar-refractivity contribution in [3.8, 4) is 0 Å². The molecule has 16 heavy (non-hydrogen) atoms. The lowest BCUT2D eigenvalue weighted by atomic mass is 9.81. The van der Waals surface area contributed by atoms with Crippen molar-refractivity contribution < 1.29 is 13.6 Å². The average molecular weight is 234 g/mol. The van der Waals surface area contributed by atoms with Crippen LogP contribution in [0, 0.1) is 11.3 Å². The maximum Gasteiger partial charge on any atom is 0.277 e. The van der Waals surface area contributed by atoms with Crippen LogP contribution in [-0.4, -0.2) is 24.9 Å². The van der Waals surface area contributed by atoms with E-state index >= 15 is 0 Å². The minimum atomic E-state index is -3.00. The van der Waals surface area contributed by atoms with E-state index in [1.54, 1.807) is 0 Å². The van der Waals surface area contributed by atoms with Crippen molar-refractivity contribution in [2.45, 2.75) is 39.0 Å². The molecule has 1 saturated carbocycles. The van der Waals surface area contributed by atoms with Crippen molar-refractivity contribution in [2.24, 2.45) is 17.1 Å². The third-order valence-corrected chi connectivity index (χ3v) is 3.39. The van der Waals surface area contributed by atoms with Crippen LogP contribution in [0.25, 0.3) is 0 Å². The van der Waals surface area contributed by atoms with Gasteiger partial charge in [0.15, 0.2) is 0 Å². The Balaban J connectivity index is 2.47. The van der Waals surface area contributed by atoms with Crippen molar-refractivity contribution in [3.05, 3.63) is 0 Å². The van der Waals surface area contributed by atoms with Gasteiger partial charge in [0.1, 0.15) is 0 Å². The second kappa shape index (κ2) is 4.65. The molecule has 1 aliphatic rings. The SMILES string of the molecule is CC1(C)CCCC1C(=O)NCC(F)(F)CN. The first-order valence-electron chi connectivity index (χ1n) is 5.64. The first-order chi connectivity index (χ1) is 7.28. The molecule has 1 atom stereocenters. The second-order valence-corrected chi connectivity index (χ2v) is 5.21. The molecule has 0 aliphatic heterocycles. The summed E-state index contributed by atoms with van der Waals surface area (Å²) in [4.78, 5) is 11.7. The summed E-state index contributed by atoms with van der Waals surface area (Å²) in [6.07, 6.45) is 2.74. The molecule has 0 spiro atoms. The third-order valence-electron chi connectivity index (χ3n) is 3.39. The van der Waals surface area contributed by atoms with Crippen molar-refractivity contribution in [1.82, 2.24) is 5.32 Å². The monoisotopic (exact) mass is 234 g/mol. The van der Waals surface area contributed by atoms with Crippen molar-refractivity contribution in [3.63, 3.8) is 0 Å².